The number of nitrogens with zero attached hydrogens (tertiary/aromatic N) is 2. The third-order valence-electron chi connectivity index (χ3n) is 6.32. The van der Waals surface area contributed by atoms with Gasteiger partial charge in [0.25, 0.3) is 5.91 Å². The van der Waals surface area contributed by atoms with Crippen LogP contribution in [-0.4, -0.2) is 29.0 Å². The van der Waals surface area contributed by atoms with Gasteiger partial charge >= 0.3 is 0 Å². The van der Waals surface area contributed by atoms with E-state index in [-0.39, 0.29) is 24.2 Å². The second kappa shape index (κ2) is 9.65. The molecule has 0 bridgehead atoms. The molecule has 3 aromatic carbocycles. The minimum Gasteiger partial charge on any atom is -0.497 e. The van der Waals surface area contributed by atoms with Gasteiger partial charge in [0.2, 0.25) is 5.91 Å². The quantitative estimate of drug-likeness (QED) is 0.403. The predicted molar refractivity (Wildman–Crippen MR) is 131 cm³/mol. The number of hydrogen-bond acceptors (Lipinski definition) is 5. The van der Waals surface area contributed by atoms with Crippen LogP contribution in [0.3, 0.4) is 0 Å². The first kappa shape index (κ1) is 23.3. The van der Waals surface area contributed by atoms with E-state index in [9.17, 15) is 14.0 Å². The van der Waals surface area contributed by atoms with Crippen molar-refractivity contribution in [2.24, 2.45) is 0 Å². The zero-order valence-corrected chi connectivity index (χ0v) is 19.8. The first-order valence-corrected chi connectivity index (χ1v) is 11.5. The van der Waals surface area contributed by atoms with Crippen molar-refractivity contribution in [3.63, 3.8) is 0 Å². The van der Waals surface area contributed by atoms with Crippen molar-refractivity contribution in [3.8, 4) is 5.75 Å². The summed E-state index contributed by atoms with van der Waals surface area (Å²) >= 11 is 0. The highest BCUT2D eigenvalue weighted by Gasteiger charge is 2.44. The van der Waals surface area contributed by atoms with Crippen LogP contribution in [0.15, 0.2) is 83.4 Å². The Labute approximate surface area is 207 Å². The van der Waals surface area contributed by atoms with Crippen molar-refractivity contribution < 1.29 is 23.2 Å². The molecule has 1 N–H and O–H groups in total. The molecule has 182 valence electrons. The normalized spacial score (nSPS) is 17.0. The average Bonchev–Trinajstić information content (AvgIpc) is 3.31. The van der Waals surface area contributed by atoms with Gasteiger partial charge in [-0.3, -0.25) is 9.59 Å². The Morgan fingerprint density at radius 2 is 1.81 bits per heavy atom. The highest BCUT2D eigenvalue weighted by atomic mass is 19.1. The van der Waals surface area contributed by atoms with Gasteiger partial charge in [0.1, 0.15) is 17.3 Å². The van der Waals surface area contributed by atoms with Crippen LogP contribution in [-0.2, 0) is 11.3 Å². The molecular formula is C28H24FN3O4. The molecule has 1 aliphatic rings. The lowest BCUT2D eigenvalue weighted by Crippen LogP contribution is -2.45. The number of ether oxygens (including phenoxy) is 1. The molecule has 2 amide bonds. The van der Waals surface area contributed by atoms with Gasteiger partial charge in [0, 0.05) is 18.2 Å². The standard InChI is InChI=1S/C28H24FN3O4/c1-17-15-24(31-36-17)30-27(33)25-22-5-3-4-6-23(22)28(34)32(16-18-7-11-20(29)12-8-18)26(25)19-9-13-21(35-2)14-10-19/h3-15,25-26H,16H2,1-2H3,(H,30,31,33)/t25-,26+/m0/s1. The van der Waals surface area contributed by atoms with Gasteiger partial charge in [-0.15, -0.1) is 0 Å². The first-order chi connectivity index (χ1) is 17.4. The van der Waals surface area contributed by atoms with E-state index in [0.717, 1.165) is 11.1 Å². The van der Waals surface area contributed by atoms with Gasteiger partial charge in [0.05, 0.1) is 19.1 Å². The Bertz CT molecular complexity index is 1400. The highest BCUT2D eigenvalue weighted by Crippen LogP contribution is 2.44. The fourth-order valence-corrected chi connectivity index (χ4v) is 4.64. The van der Waals surface area contributed by atoms with Crippen LogP contribution >= 0.6 is 0 Å². The summed E-state index contributed by atoms with van der Waals surface area (Å²) in [6.45, 7) is 1.93. The minimum atomic E-state index is -0.746. The molecular weight excluding hydrogens is 461 g/mol. The third kappa shape index (κ3) is 4.45. The maximum Gasteiger partial charge on any atom is 0.255 e. The maximum absolute atomic E-state index is 13.8. The zero-order chi connectivity index (χ0) is 25.2. The molecule has 0 fully saturated rings. The summed E-state index contributed by atoms with van der Waals surface area (Å²) in [4.78, 5) is 29.2. The van der Waals surface area contributed by atoms with Crippen LogP contribution in [0.1, 0.15) is 44.8 Å². The number of carbonyl (C=O) groups is 2. The number of aromatic nitrogens is 1. The average molecular weight is 486 g/mol. The Hall–Kier alpha value is -4.46. The number of aryl methyl sites for hydroxylation is 1. The largest absolute Gasteiger partial charge is 0.497 e. The molecule has 0 spiro atoms. The lowest BCUT2D eigenvalue weighted by molar-refractivity contribution is -0.119. The van der Waals surface area contributed by atoms with Crippen molar-refractivity contribution in [1.29, 1.82) is 0 Å². The van der Waals surface area contributed by atoms with E-state index in [1.807, 2.05) is 18.2 Å². The lowest BCUT2D eigenvalue weighted by Gasteiger charge is -2.42. The molecule has 1 aliphatic heterocycles. The number of nitrogens with one attached hydrogen (secondary N) is 1. The number of rotatable bonds is 6. The molecule has 7 nitrogen and oxygen atoms in total. The summed E-state index contributed by atoms with van der Waals surface area (Å²) in [6.07, 6.45) is 0. The molecule has 0 unspecified atom stereocenters. The van der Waals surface area contributed by atoms with Crippen LogP contribution in [0.4, 0.5) is 10.2 Å². The van der Waals surface area contributed by atoms with Crippen LogP contribution < -0.4 is 10.1 Å². The Morgan fingerprint density at radius 1 is 1.08 bits per heavy atom. The molecule has 0 saturated carbocycles. The maximum atomic E-state index is 13.8. The monoisotopic (exact) mass is 485 g/mol. The molecule has 4 aromatic rings. The van der Waals surface area contributed by atoms with Crippen LogP contribution in [0.25, 0.3) is 0 Å². The van der Waals surface area contributed by atoms with Gasteiger partial charge in [-0.05, 0) is 53.9 Å². The number of carbonyl (C=O) groups excluding carboxylic acids is 2. The third-order valence-corrected chi connectivity index (χ3v) is 6.32. The SMILES string of the molecule is COc1ccc([C@@H]2[C@@H](C(=O)Nc3cc(C)on3)c3ccccc3C(=O)N2Cc2ccc(F)cc2)cc1. The van der Waals surface area contributed by atoms with Crippen molar-refractivity contribution in [3.05, 3.63) is 113 Å². The van der Waals surface area contributed by atoms with Crippen LogP contribution in [0.5, 0.6) is 5.75 Å². The number of halogens is 1. The summed E-state index contributed by atoms with van der Waals surface area (Å²) < 4.78 is 24.0. The van der Waals surface area contributed by atoms with E-state index in [0.29, 0.717) is 28.5 Å². The number of hydrogen-bond donors (Lipinski definition) is 1. The summed E-state index contributed by atoms with van der Waals surface area (Å²) in [5.74, 6) is -0.124. The highest BCUT2D eigenvalue weighted by molar-refractivity contribution is 6.04. The van der Waals surface area contributed by atoms with Crippen molar-refractivity contribution >= 4 is 17.6 Å². The van der Waals surface area contributed by atoms with Gasteiger partial charge in [-0.2, -0.15) is 0 Å². The fraction of sp³-hybridized carbons (Fsp3) is 0.179. The molecule has 2 heterocycles. The Balaban J connectivity index is 1.63. The number of anilines is 1. The van der Waals surface area contributed by atoms with Gasteiger partial charge in [-0.1, -0.05) is 47.6 Å². The molecule has 1 aromatic heterocycles. The lowest BCUT2D eigenvalue weighted by atomic mass is 9.79. The Kier molecular flexibility index (Phi) is 6.25. The number of methoxy groups -OCH3 is 1. The summed E-state index contributed by atoms with van der Waals surface area (Å²) in [6, 6.07) is 21.4. The van der Waals surface area contributed by atoms with Gasteiger partial charge in [0.15, 0.2) is 5.82 Å². The predicted octanol–water partition coefficient (Wildman–Crippen LogP) is 5.25. The van der Waals surface area contributed by atoms with E-state index in [1.54, 1.807) is 67.5 Å². The molecule has 0 saturated heterocycles. The van der Waals surface area contributed by atoms with Crippen molar-refractivity contribution in [1.82, 2.24) is 10.1 Å². The molecule has 2 atom stereocenters. The molecule has 5 rings (SSSR count). The van der Waals surface area contributed by atoms with Gasteiger partial charge in [-0.25, -0.2) is 4.39 Å². The molecule has 36 heavy (non-hydrogen) atoms. The second-order valence-corrected chi connectivity index (χ2v) is 8.65. The fourth-order valence-electron chi connectivity index (χ4n) is 4.64. The first-order valence-electron chi connectivity index (χ1n) is 11.5. The van der Waals surface area contributed by atoms with Crippen molar-refractivity contribution in [2.45, 2.75) is 25.4 Å². The summed E-state index contributed by atoms with van der Waals surface area (Å²) in [5.41, 5.74) is 2.57. The molecule has 0 aliphatic carbocycles. The number of benzene rings is 3. The summed E-state index contributed by atoms with van der Waals surface area (Å²) in [7, 11) is 1.58. The summed E-state index contributed by atoms with van der Waals surface area (Å²) in [5, 5.41) is 6.74. The Morgan fingerprint density at radius 3 is 2.47 bits per heavy atom. The number of amides is 2. The molecule has 0 radical (unpaired) electrons. The van der Waals surface area contributed by atoms with Crippen LogP contribution in [0, 0.1) is 12.7 Å². The van der Waals surface area contributed by atoms with E-state index in [1.165, 1.54) is 12.1 Å². The van der Waals surface area contributed by atoms with Crippen molar-refractivity contribution in [2.75, 3.05) is 12.4 Å². The van der Waals surface area contributed by atoms with Crippen LogP contribution in [0.2, 0.25) is 0 Å². The minimum absolute atomic E-state index is 0.191. The topological polar surface area (TPSA) is 84.7 Å². The molecule has 8 heteroatoms. The van der Waals surface area contributed by atoms with E-state index < -0.39 is 12.0 Å². The van der Waals surface area contributed by atoms with E-state index in [2.05, 4.69) is 10.5 Å². The smallest absolute Gasteiger partial charge is 0.255 e. The zero-order valence-electron chi connectivity index (χ0n) is 19.8. The van der Waals surface area contributed by atoms with E-state index >= 15 is 0 Å². The second-order valence-electron chi connectivity index (χ2n) is 8.65. The van der Waals surface area contributed by atoms with E-state index in [4.69, 9.17) is 9.26 Å². The number of fused-ring (bicyclic) bond motifs is 1. The van der Waals surface area contributed by atoms with Gasteiger partial charge < -0.3 is 19.5 Å².